The van der Waals surface area contributed by atoms with Gasteiger partial charge in [0.2, 0.25) is 17.7 Å². The summed E-state index contributed by atoms with van der Waals surface area (Å²) in [5.74, 6) is -1.21. The van der Waals surface area contributed by atoms with Crippen LogP contribution in [0.15, 0.2) is 24.3 Å². The average Bonchev–Trinajstić information content (AvgIpc) is 2.73. The number of benzene rings is 1. The molecule has 4 N–H and O–H groups in total. The summed E-state index contributed by atoms with van der Waals surface area (Å²) in [5, 5.41) is 13.7. The molecule has 0 bridgehead atoms. The number of hydrogen-bond donors (Lipinski definition) is 4. The number of hydroxylamine groups is 1. The lowest BCUT2D eigenvalue weighted by Crippen LogP contribution is -2.42. The number of amides is 3. The molecule has 10 nitrogen and oxygen atoms in total. The Morgan fingerprint density at radius 1 is 0.931 bits per heavy atom. The van der Waals surface area contributed by atoms with Gasteiger partial charge >= 0.3 is 5.97 Å². The van der Waals surface area contributed by atoms with Gasteiger partial charge in [0, 0.05) is 24.9 Å². The molecular weight excluding hydrogens is 382 g/mol. The maximum Gasteiger partial charge on any atom is 0.328 e. The van der Waals surface area contributed by atoms with E-state index in [0.717, 1.165) is 0 Å². The fraction of sp³-hybridized carbons (Fsp3) is 0.474. The van der Waals surface area contributed by atoms with Crippen LogP contribution in [0.1, 0.15) is 38.5 Å². The van der Waals surface area contributed by atoms with Gasteiger partial charge in [-0.3, -0.25) is 19.6 Å². The number of carbonyl (C=O) groups is 4. The molecule has 1 aromatic rings. The molecule has 0 aromatic heterocycles. The van der Waals surface area contributed by atoms with E-state index in [1.807, 2.05) is 0 Å². The Morgan fingerprint density at radius 3 is 2.10 bits per heavy atom. The van der Waals surface area contributed by atoms with Crippen LogP contribution < -0.4 is 20.9 Å². The monoisotopic (exact) mass is 409 g/mol. The van der Waals surface area contributed by atoms with Crippen molar-refractivity contribution in [3.05, 3.63) is 24.3 Å². The van der Waals surface area contributed by atoms with Crippen molar-refractivity contribution in [2.45, 2.75) is 44.6 Å². The van der Waals surface area contributed by atoms with Crippen LogP contribution in [0.3, 0.4) is 0 Å². The molecule has 0 aliphatic carbocycles. The SMILES string of the molecule is COC(=O)[C@@H](CCC(=O)NO)NC(=O)CCCCC(=O)Nc1ccc(OC)cc1. The molecule has 1 atom stereocenters. The molecule has 0 heterocycles. The molecule has 0 aliphatic rings. The fourth-order valence-electron chi connectivity index (χ4n) is 2.46. The molecule has 1 rings (SSSR count). The number of anilines is 1. The Morgan fingerprint density at radius 2 is 1.55 bits per heavy atom. The van der Waals surface area contributed by atoms with Crippen LogP contribution in [0.25, 0.3) is 0 Å². The van der Waals surface area contributed by atoms with Crippen LogP contribution >= 0.6 is 0 Å². The van der Waals surface area contributed by atoms with Gasteiger partial charge in [0.05, 0.1) is 14.2 Å². The van der Waals surface area contributed by atoms with Gasteiger partial charge in [0.15, 0.2) is 0 Å². The molecule has 160 valence electrons. The van der Waals surface area contributed by atoms with Gasteiger partial charge in [0.1, 0.15) is 11.8 Å². The summed E-state index contributed by atoms with van der Waals surface area (Å²) in [7, 11) is 2.73. The number of carbonyl (C=O) groups excluding carboxylic acids is 4. The summed E-state index contributed by atoms with van der Waals surface area (Å²) in [5.41, 5.74) is 2.11. The Labute approximate surface area is 168 Å². The van der Waals surface area contributed by atoms with Crippen LogP contribution in [-0.2, 0) is 23.9 Å². The number of methoxy groups -OCH3 is 2. The zero-order valence-electron chi connectivity index (χ0n) is 16.5. The molecule has 1 aromatic carbocycles. The molecule has 0 aliphatic heterocycles. The minimum Gasteiger partial charge on any atom is -0.497 e. The molecular formula is C19H27N3O7. The lowest BCUT2D eigenvalue weighted by Gasteiger charge is -2.16. The van der Waals surface area contributed by atoms with Crippen LogP contribution in [0.2, 0.25) is 0 Å². The third-order valence-corrected chi connectivity index (χ3v) is 4.04. The number of nitrogens with one attached hydrogen (secondary N) is 3. The number of rotatable bonds is 12. The van der Waals surface area contributed by atoms with E-state index in [9.17, 15) is 19.2 Å². The average molecular weight is 409 g/mol. The van der Waals surface area contributed by atoms with Crippen molar-refractivity contribution in [1.82, 2.24) is 10.8 Å². The first-order valence-corrected chi connectivity index (χ1v) is 9.13. The van der Waals surface area contributed by atoms with E-state index in [1.54, 1.807) is 31.4 Å². The van der Waals surface area contributed by atoms with Gasteiger partial charge in [-0.15, -0.1) is 0 Å². The number of ether oxygens (including phenoxy) is 2. The largest absolute Gasteiger partial charge is 0.497 e. The van der Waals surface area contributed by atoms with Crippen LogP contribution in [-0.4, -0.2) is 49.2 Å². The van der Waals surface area contributed by atoms with Gasteiger partial charge < -0.3 is 20.1 Å². The van der Waals surface area contributed by atoms with E-state index in [2.05, 4.69) is 15.4 Å². The first-order chi connectivity index (χ1) is 13.9. The van der Waals surface area contributed by atoms with E-state index in [0.29, 0.717) is 24.3 Å². The minimum atomic E-state index is -0.983. The standard InChI is InChI=1S/C19H27N3O7/c1-28-14-9-7-13(8-10-14)20-16(23)5-3-4-6-17(24)21-15(19(26)29-2)11-12-18(25)22-27/h7-10,15,27H,3-6,11-12H2,1-2H3,(H,20,23)(H,21,24)(H,22,25)/t15-/m1/s1. The Bertz CT molecular complexity index is 692. The summed E-state index contributed by atoms with van der Waals surface area (Å²) in [6.07, 6.45) is 1.15. The highest BCUT2D eigenvalue weighted by atomic mass is 16.5. The zero-order chi connectivity index (χ0) is 21.6. The van der Waals surface area contributed by atoms with Gasteiger partial charge in [-0.25, -0.2) is 10.3 Å². The van der Waals surface area contributed by atoms with E-state index >= 15 is 0 Å². The van der Waals surface area contributed by atoms with Crippen molar-refractivity contribution in [1.29, 1.82) is 0 Å². The zero-order valence-corrected chi connectivity index (χ0v) is 16.5. The first-order valence-electron chi connectivity index (χ1n) is 9.13. The summed E-state index contributed by atoms with van der Waals surface area (Å²) in [6.45, 7) is 0. The quantitative estimate of drug-likeness (QED) is 0.175. The fourth-order valence-corrected chi connectivity index (χ4v) is 2.46. The molecule has 10 heteroatoms. The van der Waals surface area contributed by atoms with Gasteiger partial charge in [0.25, 0.3) is 0 Å². The summed E-state index contributed by atoms with van der Waals surface area (Å²) in [4.78, 5) is 46.7. The third kappa shape index (κ3) is 9.56. The first kappa shape index (κ1) is 23.9. The maximum atomic E-state index is 12.0. The Hall–Kier alpha value is -3.14. The summed E-state index contributed by atoms with van der Waals surface area (Å²) < 4.78 is 9.65. The van der Waals surface area contributed by atoms with Gasteiger partial charge in [-0.2, -0.15) is 0 Å². The van der Waals surface area contributed by atoms with Crippen LogP contribution in [0.5, 0.6) is 5.75 Å². The van der Waals surface area contributed by atoms with Gasteiger partial charge in [-0.05, 0) is 43.5 Å². The number of unbranched alkanes of at least 4 members (excludes halogenated alkanes) is 1. The predicted molar refractivity (Wildman–Crippen MR) is 103 cm³/mol. The molecule has 3 amide bonds. The smallest absolute Gasteiger partial charge is 0.328 e. The number of hydrogen-bond acceptors (Lipinski definition) is 7. The molecule has 0 radical (unpaired) electrons. The maximum absolute atomic E-state index is 12.0. The molecule has 0 saturated carbocycles. The lowest BCUT2D eigenvalue weighted by molar-refractivity contribution is -0.145. The summed E-state index contributed by atoms with van der Waals surface area (Å²) in [6, 6.07) is 5.95. The molecule has 0 saturated heterocycles. The lowest BCUT2D eigenvalue weighted by atomic mass is 10.1. The van der Waals surface area contributed by atoms with E-state index < -0.39 is 17.9 Å². The second kappa shape index (κ2) is 13.1. The minimum absolute atomic E-state index is 0.00489. The van der Waals surface area contributed by atoms with Crippen molar-refractivity contribution in [2.75, 3.05) is 19.5 Å². The van der Waals surface area contributed by atoms with Crippen molar-refractivity contribution < 1.29 is 33.9 Å². The van der Waals surface area contributed by atoms with E-state index in [-0.39, 0.29) is 37.5 Å². The number of esters is 1. The van der Waals surface area contributed by atoms with E-state index in [1.165, 1.54) is 12.6 Å². The third-order valence-electron chi connectivity index (χ3n) is 4.04. The highest BCUT2D eigenvalue weighted by Gasteiger charge is 2.22. The van der Waals surface area contributed by atoms with Crippen LogP contribution in [0.4, 0.5) is 5.69 Å². The normalized spacial score (nSPS) is 11.1. The predicted octanol–water partition coefficient (Wildman–Crippen LogP) is 1.14. The van der Waals surface area contributed by atoms with Crippen LogP contribution in [0, 0.1) is 0 Å². The topological polar surface area (TPSA) is 143 Å². The Kier molecular flexibility index (Phi) is 10.8. The second-order valence-electron chi connectivity index (χ2n) is 6.20. The van der Waals surface area contributed by atoms with E-state index in [4.69, 9.17) is 9.94 Å². The van der Waals surface area contributed by atoms with Crippen molar-refractivity contribution in [2.24, 2.45) is 0 Å². The molecule has 0 fully saturated rings. The second-order valence-corrected chi connectivity index (χ2v) is 6.20. The highest BCUT2D eigenvalue weighted by Crippen LogP contribution is 2.15. The highest BCUT2D eigenvalue weighted by molar-refractivity contribution is 5.90. The summed E-state index contributed by atoms with van der Waals surface area (Å²) >= 11 is 0. The van der Waals surface area contributed by atoms with Crippen molar-refractivity contribution in [3.63, 3.8) is 0 Å². The molecule has 29 heavy (non-hydrogen) atoms. The molecule has 0 spiro atoms. The van der Waals surface area contributed by atoms with Crippen molar-refractivity contribution in [3.8, 4) is 5.75 Å². The Balaban J connectivity index is 2.32. The van der Waals surface area contributed by atoms with Crippen molar-refractivity contribution >= 4 is 29.4 Å². The van der Waals surface area contributed by atoms with Gasteiger partial charge in [-0.1, -0.05) is 0 Å². The molecule has 0 unspecified atom stereocenters.